The van der Waals surface area contributed by atoms with Gasteiger partial charge in [-0.2, -0.15) is 15.3 Å². The first-order chi connectivity index (χ1) is 26.1. The Morgan fingerprint density at radius 1 is 1.05 bits per heavy atom. The molecule has 3 N–H and O–H groups in total. The fourth-order valence-electron chi connectivity index (χ4n) is 5.86. The maximum absolute atomic E-state index is 13.2. The number of nitrogens with one attached hydrogen (secondary N) is 2. The Hall–Kier alpha value is -6.40. The van der Waals surface area contributed by atoms with Gasteiger partial charge in [0.1, 0.15) is 28.6 Å². The lowest BCUT2D eigenvalue weighted by Gasteiger charge is -2.24. The molecule has 15 nitrogen and oxygen atoms in total. The molecule has 0 aliphatic heterocycles. The van der Waals surface area contributed by atoms with Crippen LogP contribution in [0.1, 0.15) is 85.0 Å². The Bertz CT molecular complexity index is 2290. The number of hydrogen-bond acceptors (Lipinski definition) is 12. The fourth-order valence-corrected chi connectivity index (χ4v) is 6.08. The van der Waals surface area contributed by atoms with Crippen LogP contribution in [0.25, 0.3) is 5.69 Å². The molecule has 5 rings (SSSR count). The van der Waals surface area contributed by atoms with Crippen LogP contribution in [0.5, 0.6) is 11.6 Å². The molecule has 0 saturated carbocycles. The molecular formula is C39H41ClN8O7. The monoisotopic (exact) mass is 768 g/mol. The van der Waals surface area contributed by atoms with Gasteiger partial charge in [-0.05, 0) is 68.1 Å². The number of esters is 1. The van der Waals surface area contributed by atoms with Crippen LogP contribution < -0.4 is 25.7 Å². The van der Waals surface area contributed by atoms with Gasteiger partial charge in [0.2, 0.25) is 11.8 Å². The topological polar surface area (TPSA) is 196 Å². The van der Waals surface area contributed by atoms with Crippen molar-refractivity contribution in [3.63, 3.8) is 0 Å². The van der Waals surface area contributed by atoms with E-state index in [9.17, 15) is 24.8 Å². The first-order valence-electron chi connectivity index (χ1n) is 17.1. The van der Waals surface area contributed by atoms with E-state index in [0.29, 0.717) is 33.8 Å². The number of hydrogen-bond donors (Lipinski definition) is 3. The Labute approximate surface area is 322 Å². The van der Waals surface area contributed by atoms with E-state index in [0.717, 1.165) is 5.56 Å². The van der Waals surface area contributed by atoms with Crippen molar-refractivity contribution in [3.05, 3.63) is 116 Å². The number of ether oxygens (including phenoxy) is 3. The summed E-state index contributed by atoms with van der Waals surface area (Å²) >= 11 is 6.51. The van der Waals surface area contributed by atoms with E-state index in [4.69, 9.17) is 25.8 Å². The molecule has 0 saturated heterocycles. The predicted molar refractivity (Wildman–Crippen MR) is 206 cm³/mol. The first kappa shape index (κ1) is 39.8. The number of aromatic nitrogens is 5. The van der Waals surface area contributed by atoms with Gasteiger partial charge in [-0.3, -0.25) is 9.59 Å². The maximum Gasteiger partial charge on any atom is 0.356 e. The highest BCUT2D eigenvalue weighted by molar-refractivity contribution is 6.30. The largest absolute Gasteiger partial charge is 0.497 e. The van der Waals surface area contributed by atoms with Crippen molar-refractivity contribution in [2.75, 3.05) is 31.4 Å². The van der Waals surface area contributed by atoms with Gasteiger partial charge in [-0.15, -0.1) is 0 Å². The minimum Gasteiger partial charge on any atom is -0.497 e. The van der Waals surface area contributed by atoms with Gasteiger partial charge in [0.05, 0.1) is 56.0 Å². The van der Waals surface area contributed by atoms with E-state index >= 15 is 0 Å². The van der Waals surface area contributed by atoms with Gasteiger partial charge in [-0.1, -0.05) is 49.7 Å². The van der Waals surface area contributed by atoms with Crippen LogP contribution in [-0.4, -0.2) is 67.7 Å². The van der Waals surface area contributed by atoms with Crippen LogP contribution in [-0.2, 0) is 16.1 Å². The number of pyridine rings is 1. The second kappa shape index (κ2) is 16.7. The Balaban J connectivity index is 1.63. The molecule has 0 amide bonds. The quantitative estimate of drug-likeness (QED) is 0.108. The second-order valence-electron chi connectivity index (χ2n) is 13.7. The fraction of sp³-hybridized carbons (Fsp3) is 0.308. The van der Waals surface area contributed by atoms with E-state index in [1.54, 1.807) is 70.5 Å². The van der Waals surface area contributed by atoms with Crippen molar-refractivity contribution in [2.45, 2.75) is 58.7 Å². The number of aromatic carboxylic acids is 1. The predicted octanol–water partition coefficient (Wildman–Crippen LogP) is 6.19. The summed E-state index contributed by atoms with van der Waals surface area (Å²) in [7, 11) is 2.96. The zero-order chi connectivity index (χ0) is 40.0. The van der Waals surface area contributed by atoms with Gasteiger partial charge in [-0.25, -0.2) is 14.5 Å². The van der Waals surface area contributed by atoms with Crippen LogP contribution in [0.15, 0.2) is 71.8 Å². The molecule has 0 aliphatic carbocycles. The summed E-state index contributed by atoms with van der Waals surface area (Å²) in [5.41, 5.74) is 1.86. The van der Waals surface area contributed by atoms with Crippen molar-refractivity contribution in [1.82, 2.24) is 24.3 Å². The molecule has 1 unspecified atom stereocenters. The van der Waals surface area contributed by atoms with Crippen molar-refractivity contribution in [1.29, 1.82) is 5.26 Å². The zero-order valence-electron chi connectivity index (χ0n) is 31.4. The number of benzene rings is 2. The summed E-state index contributed by atoms with van der Waals surface area (Å²) in [4.78, 5) is 47.4. The average Bonchev–Trinajstić information content (AvgIpc) is 3.55. The number of carbonyl (C=O) groups excluding carboxylic acids is 1. The number of carboxylic acids is 1. The summed E-state index contributed by atoms with van der Waals surface area (Å²) < 4.78 is 19.1. The van der Waals surface area contributed by atoms with Gasteiger partial charge in [0.25, 0.3) is 5.56 Å². The van der Waals surface area contributed by atoms with Crippen LogP contribution >= 0.6 is 11.6 Å². The summed E-state index contributed by atoms with van der Waals surface area (Å²) in [5.74, 6) is -1.37. The second-order valence-corrected chi connectivity index (χ2v) is 14.1. The normalized spacial score (nSPS) is 11.8. The van der Waals surface area contributed by atoms with Crippen molar-refractivity contribution in [3.8, 4) is 23.4 Å². The molecule has 0 fully saturated rings. The van der Waals surface area contributed by atoms with Crippen molar-refractivity contribution >= 4 is 35.2 Å². The van der Waals surface area contributed by atoms with Gasteiger partial charge in [0, 0.05) is 11.8 Å². The van der Waals surface area contributed by atoms with Crippen LogP contribution in [0.2, 0.25) is 5.02 Å². The molecule has 55 heavy (non-hydrogen) atoms. The minimum absolute atomic E-state index is 0.0508. The van der Waals surface area contributed by atoms with E-state index in [1.165, 1.54) is 28.6 Å². The lowest BCUT2D eigenvalue weighted by molar-refractivity contribution is -0.152. The van der Waals surface area contributed by atoms with Crippen LogP contribution in [0.4, 0.5) is 11.6 Å². The third-order valence-electron chi connectivity index (χ3n) is 8.20. The summed E-state index contributed by atoms with van der Waals surface area (Å²) in [5, 5.41) is 30.9. The highest BCUT2D eigenvalue weighted by Crippen LogP contribution is 2.38. The smallest absolute Gasteiger partial charge is 0.356 e. The summed E-state index contributed by atoms with van der Waals surface area (Å²) in [6.45, 7) is 9.03. The van der Waals surface area contributed by atoms with E-state index in [-0.39, 0.29) is 47.2 Å². The molecule has 2 aromatic carbocycles. The molecule has 0 bridgehead atoms. The van der Waals surface area contributed by atoms with Gasteiger partial charge >= 0.3 is 11.9 Å². The number of methoxy groups -OCH3 is 2. The third-order valence-corrected chi connectivity index (χ3v) is 8.47. The molecule has 3 aromatic heterocycles. The van der Waals surface area contributed by atoms with Crippen molar-refractivity contribution < 1.29 is 28.9 Å². The summed E-state index contributed by atoms with van der Waals surface area (Å²) in [6, 6.07) is 16.6. The Morgan fingerprint density at radius 3 is 2.33 bits per heavy atom. The molecule has 0 radical (unpaired) electrons. The number of rotatable bonds is 14. The molecule has 16 heteroatoms. The van der Waals surface area contributed by atoms with Crippen molar-refractivity contribution in [2.24, 2.45) is 0 Å². The maximum atomic E-state index is 13.2. The Morgan fingerprint density at radius 2 is 1.75 bits per heavy atom. The molecule has 0 aliphatic rings. The van der Waals surface area contributed by atoms with Gasteiger partial charge < -0.3 is 34.5 Å². The number of nitrogens with zero attached hydrogens (tertiary/aromatic N) is 6. The molecule has 5 aromatic rings. The zero-order valence-corrected chi connectivity index (χ0v) is 32.1. The molecular weight excluding hydrogens is 728 g/mol. The summed E-state index contributed by atoms with van der Waals surface area (Å²) in [6.07, 6.45) is 3.02. The number of anilines is 2. The highest BCUT2D eigenvalue weighted by Gasteiger charge is 2.33. The minimum atomic E-state index is -1.31. The third kappa shape index (κ3) is 9.40. The Kier molecular flexibility index (Phi) is 12.1. The van der Waals surface area contributed by atoms with E-state index in [1.807, 2.05) is 26.0 Å². The number of halogens is 1. The SMILES string of the molecule is COc1ccc(Cn2cc(NC(c3ccc(C#N)cc3)c3c(C(=O)O)nn(-c4cnc(NCC(=O)OC(C)(C)C)nc4OC)c3C(C)C)cc(Cl)c2=O)cc1. The highest BCUT2D eigenvalue weighted by atomic mass is 35.5. The van der Waals surface area contributed by atoms with Gasteiger partial charge in [0.15, 0.2) is 5.69 Å². The van der Waals surface area contributed by atoms with E-state index in [2.05, 4.69) is 31.8 Å². The van der Waals surface area contributed by atoms with Crippen LogP contribution in [0.3, 0.4) is 0 Å². The molecule has 3 heterocycles. The van der Waals surface area contributed by atoms with E-state index < -0.39 is 29.1 Å². The average molecular weight is 769 g/mol. The molecule has 0 spiro atoms. The van der Waals surface area contributed by atoms with Crippen LogP contribution in [0, 0.1) is 11.3 Å². The first-order valence-corrected chi connectivity index (χ1v) is 17.5. The number of nitriles is 1. The standard InChI is InChI=1S/C39H41ClN8O7/c1-22(2)34-31(33(37(51)52)46-48(34)29-18-42-38(45-35(29)54-7)43-19-30(49)55-39(3,4)5)32(25-12-8-23(17-41)9-13-25)44-26-16-28(40)36(50)47(21-26)20-24-10-14-27(53-6)15-11-24/h8-16,18,21-22,32,44H,19-20H2,1-7H3,(H,51,52)(H,42,43,45). The lowest BCUT2D eigenvalue weighted by Crippen LogP contribution is -2.28. The molecule has 1 atom stereocenters. The molecule has 286 valence electrons. The number of carbonyl (C=O) groups is 2. The lowest BCUT2D eigenvalue weighted by atomic mass is 9.91. The number of carboxylic acid groups (broad SMARTS) is 1.